The first kappa shape index (κ1) is 7.87. The van der Waals surface area contributed by atoms with Crippen molar-refractivity contribution in [3.05, 3.63) is 0 Å². The summed E-state index contributed by atoms with van der Waals surface area (Å²) >= 11 is 3.45. The van der Waals surface area contributed by atoms with Gasteiger partial charge in [0.05, 0.1) is 0 Å². The molecular formula is C3H4BrO2Tl. The van der Waals surface area contributed by atoms with Crippen LogP contribution in [0.1, 0.15) is 6.42 Å². The number of halogens is 1. The third kappa shape index (κ3) is 4.73. The first-order valence-electron chi connectivity index (χ1n) is 1.76. The molecule has 0 N–H and O–H groups in total. The molecular weight excluding hydrogens is 352 g/mol. The maximum absolute atomic E-state index is 10.2. The van der Waals surface area contributed by atoms with E-state index >= 15 is 0 Å². The molecule has 0 bridgehead atoms. The summed E-state index contributed by atoms with van der Waals surface area (Å²) in [7, 11) is 0. The Morgan fingerprint density at radius 1 is 1.86 bits per heavy atom. The first-order chi connectivity index (χ1) is 3.31. The van der Waals surface area contributed by atoms with E-state index in [-0.39, 0.29) is 5.97 Å². The van der Waals surface area contributed by atoms with Gasteiger partial charge in [-0.05, 0) is 0 Å². The molecule has 2 nitrogen and oxygen atoms in total. The van der Waals surface area contributed by atoms with Crippen LogP contribution < -0.4 is 0 Å². The molecule has 0 saturated carbocycles. The molecule has 0 aliphatic rings. The van der Waals surface area contributed by atoms with Crippen LogP contribution >= 0.6 is 15.9 Å². The third-order valence-corrected chi connectivity index (χ3v) is 1.85. The maximum atomic E-state index is 10.2. The Morgan fingerprint density at radius 3 is 2.57 bits per heavy atom. The van der Waals surface area contributed by atoms with Crippen LogP contribution in [0, 0.1) is 0 Å². The average molecular weight is 356 g/mol. The SMILES string of the molecule is O=C(CCBr)[O][Tl]. The molecule has 0 radical (unpaired) electrons. The van der Waals surface area contributed by atoms with Crippen LogP contribution in [0.15, 0.2) is 0 Å². The average Bonchev–Trinajstić information content (AvgIpc) is 1.68. The van der Waals surface area contributed by atoms with E-state index in [2.05, 4.69) is 18.6 Å². The molecule has 0 aliphatic carbocycles. The zero-order valence-corrected chi connectivity index (χ0v) is 9.76. The van der Waals surface area contributed by atoms with E-state index in [4.69, 9.17) is 0 Å². The Labute approximate surface area is 67.1 Å². The Hall–Kier alpha value is 0.872. The number of carbonyl (C=O) groups is 1. The van der Waals surface area contributed by atoms with Crippen molar-refractivity contribution in [2.75, 3.05) is 5.33 Å². The molecule has 0 aromatic carbocycles. The molecule has 0 amide bonds. The van der Waals surface area contributed by atoms with Gasteiger partial charge in [0, 0.05) is 0 Å². The van der Waals surface area contributed by atoms with Crippen LogP contribution in [-0.4, -0.2) is 37.5 Å². The van der Waals surface area contributed by atoms with Gasteiger partial charge in [0.25, 0.3) is 0 Å². The van der Waals surface area contributed by atoms with E-state index in [0.29, 0.717) is 38.0 Å². The van der Waals surface area contributed by atoms with Gasteiger partial charge in [-0.2, -0.15) is 0 Å². The number of rotatable bonds is 2. The number of hydrogen-bond acceptors (Lipinski definition) is 2. The normalized spacial score (nSPS) is 8.00. The van der Waals surface area contributed by atoms with Crippen molar-refractivity contribution in [3.8, 4) is 0 Å². The summed E-state index contributed by atoms with van der Waals surface area (Å²) in [6.45, 7) is 0. The third-order valence-electron chi connectivity index (χ3n) is 0.430. The second kappa shape index (κ2) is 5.02. The second-order valence-corrected chi connectivity index (χ2v) is 2.64. The molecule has 0 spiro atoms. The van der Waals surface area contributed by atoms with Crippen LogP contribution in [-0.2, 0) is 7.48 Å². The predicted molar refractivity (Wildman–Crippen MR) is 30.3 cm³/mol. The number of hydrogen-bond donors (Lipinski definition) is 0. The molecule has 0 heterocycles. The van der Waals surface area contributed by atoms with Crippen molar-refractivity contribution in [2.45, 2.75) is 6.42 Å². The van der Waals surface area contributed by atoms with Gasteiger partial charge < -0.3 is 0 Å². The van der Waals surface area contributed by atoms with E-state index in [9.17, 15) is 4.79 Å². The molecule has 0 unspecified atom stereocenters. The molecule has 38 valence electrons. The zero-order valence-electron chi connectivity index (χ0n) is 3.69. The fourth-order valence-electron chi connectivity index (χ4n) is 0.136. The van der Waals surface area contributed by atoms with Crippen molar-refractivity contribution < 1.29 is 7.48 Å². The number of carbonyl (C=O) groups excluding carboxylic acids is 1. The second-order valence-electron chi connectivity index (χ2n) is 0.929. The predicted octanol–water partition coefficient (Wildman–Crippen LogP) is 0.398. The molecule has 0 aliphatic heterocycles. The van der Waals surface area contributed by atoms with Gasteiger partial charge in [-0.15, -0.1) is 0 Å². The van der Waals surface area contributed by atoms with Gasteiger partial charge in [0.2, 0.25) is 0 Å². The molecule has 0 aromatic rings. The fourth-order valence-corrected chi connectivity index (χ4v) is 0.918. The van der Waals surface area contributed by atoms with Crippen LogP contribution in [0.2, 0.25) is 0 Å². The Kier molecular flexibility index (Phi) is 5.64. The summed E-state index contributed by atoms with van der Waals surface area (Å²) in [5.74, 6) is -0.0955. The summed E-state index contributed by atoms with van der Waals surface area (Å²) in [5, 5.41) is 0.707. The van der Waals surface area contributed by atoms with E-state index in [0.717, 1.165) is 0 Å². The van der Waals surface area contributed by atoms with E-state index < -0.39 is 0 Å². The number of alkyl halides is 1. The van der Waals surface area contributed by atoms with Crippen molar-refractivity contribution >= 4 is 48.1 Å². The Bertz CT molecular complexity index is 66.0. The van der Waals surface area contributed by atoms with Crippen molar-refractivity contribution in [3.63, 3.8) is 0 Å². The molecule has 0 atom stereocenters. The van der Waals surface area contributed by atoms with Crippen molar-refractivity contribution in [2.24, 2.45) is 0 Å². The standard InChI is InChI=1S/C3H5BrO2.Tl/c4-2-1-3(5)6;/h1-2H2,(H,5,6);/q;+1/p-1. The Balaban J connectivity index is 3.00. The molecule has 0 rings (SSSR count). The summed E-state index contributed by atoms with van der Waals surface area (Å²) < 4.78 is 4.49. The molecule has 0 saturated heterocycles. The van der Waals surface area contributed by atoms with Gasteiger partial charge in [-0.1, -0.05) is 0 Å². The van der Waals surface area contributed by atoms with Crippen LogP contribution in [0.5, 0.6) is 0 Å². The molecule has 4 heteroatoms. The first-order valence-corrected chi connectivity index (χ1v) is 4.72. The fraction of sp³-hybridized carbons (Fsp3) is 0.667. The van der Waals surface area contributed by atoms with Crippen LogP contribution in [0.4, 0.5) is 0 Å². The zero-order chi connectivity index (χ0) is 5.70. The molecule has 0 fully saturated rings. The van der Waals surface area contributed by atoms with Crippen LogP contribution in [0.25, 0.3) is 0 Å². The van der Waals surface area contributed by atoms with Crippen molar-refractivity contribution in [1.29, 1.82) is 0 Å². The summed E-state index contributed by atoms with van der Waals surface area (Å²) in [4.78, 5) is 10.2. The van der Waals surface area contributed by atoms with Crippen molar-refractivity contribution in [1.82, 2.24) is 0 Å². The van der Waals surface area contributed by atoms with Gasteiger partial charge in [-0.3, -0.25) is 0 Å². The van der Waals surface area contributed by atoms with Gasteiger partial charge in [0.15, 0.2) is 0 Å². The van der Waals surface area contributed by atoms with Gasteiger partial charge in [-0.25, -0.2) is 0 Å². The summed E-state index contributed by atoms with van der Waals surface area (Å²) in [5.41, 5.74) is 0. The monoisotopic (exact) mass is 356 g/mol. The minimum absolute atomic E-state index is 0.0955. The Morgan fingerprint density at radius 2 is 2.43 bits per heavy atom. The summed E-state index contributed by atoms with van der Waals surface area (Å²) in [6.07, 6.45) is 0.497. The molecule has 7 heavy (non-hydrogen) atoms. The van der Waals surface area contributed by atoms with E-state index in [1.54, 1.807) is 0 Å². The topological polar surface area (TPSA) is 26.3 Å². The van der Waals surface area contributed by atoms with Gasteiger partial charge >= 0.3 is 67.4 Å². The quantitative estimate of drug-likeness (QED) is 0.529. The van der Waals surface area contributed by atoms with Crippen LogP contribution in [0.3, 0.4) is 0 Å². The molecule has 0 aromatic heterocycles. The van der Waals surface area contributed by atoms with E-state index in [1.807, 2.05) is 0 Å². The minimum atomic E-state index is -0.0955. The van der Waals surface area contributed by atoms with E-state index in [1.165, 1.54) is 0 Å². The summed E-state index contributed by atoms with van der Waals surface area (Å²) in [6, 6.07) is 0. The van der Waals surface area contributed by atoms with Gasteiger partial charge in [0.1, 0.15) is 0 Å².